The summed E-state index contributed by atoms with van der Waals surface area (Å²) in [5, 5.41) is 12.6. The van der Waals surface area contributed by atoms with Gasteiger partial charge in [-0.15, -0.1) is 0 Å². The van der Waals surface area contributed by atoms with Crippen LogP contribution in [0.3, 0.4) is 0 Å². The topological polar surface area (TPSA) is 70.6 Å². The van der Waals surface area contributed by atoms with Crippen LogP contribution in [0.15, 0.2) is 4.99 Å². The van der Waals surface area contributed by atoms with Gasteiger partial charge in [-0.3, -0.25) is 4.99 Å². The molecule has 94 valence electrons. The van der Waals surface area contributed by atoms with Crippen LogP contribution in [0.5, 0.6) is 0 Å². The fourth-order valence-corrected chi connectivity index (χ4v) is 2.04. The summed E-state index contributed by atoms with van der Waals surface area (Å²) >= 11 is 0. The Balaban J connectivity index is 2.17. The van der Waals surface area contributed by atoms with E-state index in [-0.39, 0.29) is 6.10 Å². The summed E-state index contributed by atoms with van der Waals surface area (Å²) in [4.78, 5) is 4.23. The maximum atomic E-state index is 9.36. The summed E-state index contributed by atoms with van der Waals surface area (Å²) in [5.74, 6) is 0.537. The summed E-state index contributed by atoms with van der Waals surface area (Å²) in [6, 6.07) is 0.508. The first kappa shape index (κ1) is 13.3. The van der Waals surface area contributed by atoms with Crippen LogP contribution in [0.2, 0.25) is 0 Å². The van der Waals surface area contributed by atoms with Crippen LogP contribution in [0.1, 0.15) is 51.9 Å². The normalized spacial score (nSPS) is 20.8. The molecule has 1 rings (SSSR count). The molecule has 1 aliphatic carbocycles. The van der Waals surface area contributed by atoms with Crippen molar-refractivity contribution in [3.8, 4) is 0 Å². The van der Waals surface area contributed by atoms with E-state index in [1.807, 2.05) is 6.92 Å². The van der Waals surface area contributed by atoms with Crippen molar-refractivity contribution in [2.45, 2.75) is 64.0 Å². The Bertz CT molecular complexity index is 212. The van der Waals surface area contributed by atoms with Gasteiger partial charge in [0.15, 0.2) is 5.96 Å². The molecule has 1 atom stereocenters. The highest BCUT2D eigenvalue weighted by Crippen LogP contribution is 2.16. The third-order valence-electron chi connectivity index (χ3n) is 3.17. The second-order valence-corrected chi connectivity index (χ2v) is 4.60. The van der Waals surface area contributed by atoms with Gasteiger partial charge in [0.2, 0.25) is 0 Å². The van der Waals surface area contributed by atoms with Gasteiger partial charge >= 0.3 is 0 Å². The van der Waals surface area contributed by atoms with E-state index < -0.39 is 0 Å². The molecule has 1 aliphatic rings. The lowest BCUT2D eigenvalue weighted by Crippen LogP contribution is -2.41. The number of aliphatic hydroxyl groups is 1. The molecule has 1 unspecified atom stereocenters. The molecule has 0 bridgehead atoms. The molecule has 0 aliphatic heterocycles. The number of nitrogens with two attached hydrogens (primary N) is 1. The average Bonchev–Trinajstić information content (AvgIpc) is 2.30. The van der Waals surface area contributed by atoms with E-state index in [1.165, 1.54) is 32.1 Å². The quantitative estimate of drug-likeness (QED) is 0.491. The van der Waals surface area contributed by atoms with Crippen molar-refractivity contribution in [2.75, 3.05) is 6.54 Å². The van der Waals surface area contributed by atoms with E-state index >= 15 is 0 Å². The van der Waals surface area contributed by atoms with Crippen LogP contribution in [0, 0.1) is 0 Å². The highest BCUT2D eigenvalue weighted by atomic mass is 16.3. The summed E-state index contributed by atoms with van der Waals surface area (Å²) in [7, 11) is 0. The molecule has 16 heavy (non-hydrogen) atoms. The number of rotatable bonds is 5. The number of aliphatic hydroxyl groups excluding tert-OH is 1. The van der Waals surface area contributed by atoms with Gasteiger partial charge in [-0.05, 0) is 25.7 Å². The van der Waals surface area contributed by atoms with E-state index in [0.717, 1.165) is 6.42 Å². The first-order chi connectivity index (χ1) is 7.72. The van der Waals surface area contributed by atoms with Crippen molar-refractivity contribution < 1.29 is 5.11 Å². The minimum absolute atomic E-state index is 0.244. The van der Waals surface area contributed by atoms with E-state index in [1.54, 1.807) is 0 Å². The molecule has 0 spiro atoms. The number of guanidine groups is 1. The van der Waals surface area contributed by atoms with Crippen molar-refractivity contribution >= 4 is 5.96 Å². The van der Waals surface area contributed by atoms with Gasteiger partial charge in [0.25, 0.3) is 0 Å². The van der Waals surface area contributed by atoms with Gasteiger partial charge in [0, 0.05) is 12.6 Å². The van der Waals surface area contributed by atoms with Crippen molar-refractivity contribution in [1.82, 2.24) is 5.32 Å². The van der Waals surface area contributed by atoms with E-state index in [2.05, 4.69) is 10.3 Å². The van der Waals surface area contributed by atoms with Gasteiger partial charge in [0.05, 0.1) is 6.10 Å². The molecular formula is C12H25N3O. The Hall–Kier alpha value is -0.770. The number of aliphatic imine (C=N–C) groups is 1. The van der Waals surface area contributed by atoms with Crippen molar-refractivity contribution in [3.63, 3.8) is 0 Å². The number of nitrogens with zero attached hydrogens (tertiary/aromatic N) is 1. The van der Waals surface area contributed by atoms with Crippen LogP contribution >= 0.6 is 0 Å². The third-order valence-corrected chi connectivity index (χ3v) is 3.17. The zero-order valence-corrected chi connectivity index (χ0v) is 10.3. The number of hydrogen-bond donors (Lipinski definition) is 3. The van der Waals surface area contributed by atoms with Crippen LogP contribution in [0.4, 0.5) is 0 Å². The van der Waals surface area contributed by atoms with Crippen molar-refractivity contribution in [2.24, 2.45) is 10.7 Å². The molecule has 4 nitrogen and oxygen atoms in total. The van der Waals surface area contributed by atoms with Crippen molar-refractivity contribution in [3.05, 3.63) is 0 Å². The highest BCUT2D eigenvalue weighted by Gasteiger charge is 2.13. The lowest BCUT2D eigenvalue weighted by molar-refractivity contribution is 0.163. The molecule has 0 amide bonds. The van der Waals surface area contributed by atoms with E-state index in [0.29, 0.717) is 25.0 Å². The summed E-state index contributed by atoms with van der Waals surface area (Å²) in [6.07, 6.45) is 7.57. The molecule has 4 N–H and O–H groups in total. The molecule has 0 aromatic rings. The molecule has 0 aromatic heterocycles. The van der Waals surface area contributed by atoms with Crippen LogP contribution in [-0.2, 0) is 0 Å². The lowest BCUT2D eigenvalue weighted by atomic mass is 9.96. The summed E-state index contributed by atoms with van der Waals surface area (Å²) in [6.45, 7) is 2.58. The molecule has 0 radical (unpaired) electrons. The minimum Gasteiger partial charge on any atom is -0.393 e. The van der Waals surface area contributed by atoms with Crippen LogP contribution < -0.4 is 11.1 Å². The second kappa shape index (κ2) is 7.49. The van der Waals surface area contributed by atoms with Crippen molar-refractivity contribution in [1.29, 1.82) is 0 Å². The SMILES string of the molecule is CCC(O)CCN=C(N)NC1CCCCC1. The fourth-order valence-electron chi connectivity index (χ4n) is 2.04. The van der Waals surface area contributed by atoms with E-state index in [4.69, 9.17) is 5.73 Å². The van der Waals surface area contributed by atoms with Crippen LogP contribution in [0.25, 0.3) is 0 Å². The smallest absolute Gasteiger partial charge is 0.188 e. The molecular weight excluding hydrogens is 202 g/mol. The largest absolute Gasteiger partial charge is 0.393 e. The molecule has 0 saturated heterocycles. The second-order valence-electron chi connectivity index (χ2n) is 4.60. The summed E-state index contributed by atoms with van der Waals surface area (Å²) < 4.78 is 0. The number of hydrogen-bond acceptors (Lipinski definition) is 2. The molecule has 0 heterocycles. The standard InChI is InChI=1S/C12H25N3O/c1-2-11(16)8-9-14-12(13)15-10-6-4-3-5-7-10/h10-11,16H,2-9H2,1H3,(H3,13,14,15). The zero-order valence-electron chi connectivity index (χ0n) is 10.3. The molecule has 4 heteroatoms. The monoisotopic (exact) mass is 227 g/mol. The Morgan fingerprint density at radius 3 is 2.75 bits per heavy atom. The maximum absolute atomic E-state index is 9.36. The molecule has 1 fully saturated rings. The molecule has 0 aromatic carbocycles. The Morgan fingerprint density at radius 1 is 1.44 bits per heavy atom. The predicted octanol–water partition coefficient (Wildman–Crippen LogP) is 1.38. The van der Waals surface area contributed by atoms with Gasteiger partial charge in [-0.1, -0.05) is 26.2 Å². The number of nitrogens with one attached hydrogen (secondary N) is 1. The summed E-state index contributed by atoms with van der Waals surface area (Å²) in [5.41, 5.74) is 5.79. The average molecular weight is 227 g/mol. The maximum Gasteiger partial charge on any atom is 0.188 e. The van der Waals surface area contributed by atoms with Gasteiger partial charge in [-0.25, -0.2) is 0 Å². The van der Waals surface area contributed by atoms with Gasteiger partial charge in [0.1, 0.15) is 0 Å². The highest BCUT2D eigenvalue weighted by molar-refractivity contribution is 5.78. The fraction of sp³-hybridized carbons (Fsp3) is 0.917. The third kappa shape index (κ3) is 5.35. The van der Waals surface area contributed by atoms with Gasteiger partial charge < -0.3 is 16.2 Å². The van der Waals surface area contributed by atoms with E-state index in [9.17, 15) is 5.11 Å². The first-order valence-corrected chi connectivity index (χ1v) is 6.47. The first-order valence-electron chi connectivity index (χ1n) is 6.47. The Morgan fingerprint density at radius 2 is 2.12 bits per heavy atom. The Kier molecular flexibility index (Phi) is 6.23. The molecule has 1 saturated carbocycles. The van der Waals surface area contributed by atoms with Crippen LogP contribution in [-0.4, -0.2) is 29.8 Å². The van der Waals surface area contributed by atoms with Gasteiger partial charge in [-0.2, -0.15) is 0 Å². The minimum atomic E-state index is -0.244. The Labute approximate surface area is 98.3 Å². The lowest BCUT2D eigenvalue weighted by Gasteiger charge is -2.23. The zero-order chi connectivity index (χ0) is 11.8. The predicted molar refractivity (Wildman–Crippen MR) is 67.4 cm³/mol.